The molecule has 138 valence electrons. The van der Waals surface area contributed by atoms with Crippen molar-refractivity contribution in [2.24, 2.45) is 7.05 Å². The molecule has 1 aliphatic heterocycles. The summed E-state index contributed by atoms with van der Waals surface area (Å²) in [5.41, 5.74) is 1.000. The van der Waals surface area contributed by atoms with Gasteiger partial charge in [-0.2, -0.15) is 18.3 Å². The molecule has 0 aromatic carbocycles. The normalized spacial score (nSPS) is 16.6. The van der Waals surface area contributed by atoms with E-state index in [4.69, 9.17) is 9.90 Å². The number of rotatable bonds is 4. The number of carboxylic acid groups (broad SMARTS) is 1. The van der Waals surface area contributed by atoms with Crippen LogP contribution < -0.4 is 5.32 Å². The van der Waals surface area contributed by atoms with Crippen LogP contribution in [-0.4, -0.2) is 64.0 Å². The Kier molecular flexibility index (Phi) is 7.39. The fraction of sp³-hybridized carbons (Fsp3) is 0.692. The fourth-order valence-electron chi connectivity index (χ4n) is 2.19. The van der Waals surface area contributed by atoms with Crippen molar-refractivity contribution >= 4 is 11.7 Å². The minimum Gasteiger partial charge on any atom is -0.475 e. The van der Waals surface area contributed by atoms with Gasteiger partial charge in [-0.15, -0.1) is 0 Å². The van der Waals surface area contributed by atoms with Gasteiger partial charge in [0.2, 0.25) is 0 Å². The van der Waals surface area contributed by atoms with Gasteiger partial charge in [-0.05, 0) is 12.8 Å². The predicted octanol–water partition coefficient (Wildman–Crippen LogP) is 2.19. The largest absolute Gasteiger partial charge is 0.490 e. The Balaban J connectivity index is 0.000000351. The van der Waals surface area contributed by atoms with Crippen LogP contribution in [0.2, 0.25) is 0 Å². The number of aliphatic carboxylic acids is 1. The van der Waals surface area contributed by atoms with Gasteiger partial charge in [-0.25, -0.2) is 13.6 Å². The monoisotopic (exact) mass is 358 g/mol. The van der Waals surface area contributed by atoms with Crippen molar-refractivity contribution in [2.45, 2.75) is 31.5 Å². The van der Waals surface area contributed by atoms with E-state index in [2.05, 4.69) is 10.4 Å². The number of aromatic nitrogens is 2. The van der Waals surface area contributed by atoms with E-state index in [0.29, 0.717) is 6.04 Å². The Morgan fingerprint density at radius 1 is 1.42 bits per heavy atom. The number of halogens is 5. The highest BCUT2D eigenvalue weighted by atomic mass is 19.4. The number of nitrogens with one attached hydrogen (secondary N) is 1. The predicted molar refractivity (Wildman–Crippen MR) is 76.0 cm³/mol. The minimum absolute atomic E-state index is 0.0976. The van der Waals surface area contributed by atoms with Crippen molar-refractivity contribution in [3.63, 3.8) is 0 Å². The number of nitrogens with zero attached hydrogens (tertiary/aromatic N) is 3. The number of carbonyl (C=O) groups is 1. The fourth-order valence-corrected chi connectivity index (χ4v) is 2.19. The van der Waals surface area contributed by atoms with Crippen LogP contribution in [0, 0.1) is 0 Å². The highest BCUT2D eigenvalue weighted by molar-refractivity contribution is 5.73. The molecule has 2 N–H and O–H groups in total. The van der Waals surface area contributed by atoms with Crippen LogP contribution >= 0.6 is 0 Å². The summed E-state index contributed by atoms with van der Waals surface area (Å²) in [5.74, 6) is -2.76. The van der Waals surface area contributed by atoms with E-state index in [0.717, 1.165) is 31.6 Å². The lowest BCUT2D eigenvalue weighted by Crippen LogP contribution is -2.41. The Morgan fingerprint density at radius 3 is 2.33 bits per heavy atom. The number of aryl methyl sites for hydroxylation is 1. The number of piperidine rings is 1. The van der Waals surface area contributed by atoms with Gasteiger partial charge in [0.05, 0.1) is 18.4 Å². The molecule has 0 spiro atoms. The second-order valence-corrected chi connectivity index (χ2v) is 5.32. The Morgan fingerprint density at radius 2 is 1.96 bits per heavy atom. The SMILES string of the molecule is Cn1cc(NC2CCN(CC(F)F)CC2)cn1.O=C(O)C(F)(F)F. The molecule has 11 heteroatoms. The van der Waals surface area contributed by atoms with Crippen LogP contribution in [-0.2, 0) is 11.8 Å². The highest BCUT2D eigenvalue weighted by Gasteiger charge is 2.38. The summed E-state index contributed by atoms with van der Waals surface area (Å²) in [4.78, 5) is 10.7. The summed E-state index contributed by atoms with van der Waals surface area (Å²) in [6.07, 6.45) is -1.79. The van der Waals surface area contributed by atoms with Gasteiger partial charge < -0.3 is 10.4 Å². The number of hydrogen-bond donors (Lipinski definition) is 2. The molecule has 2 rings (SSSR count). The van der Waals surface area contributed by atoms with E-state index in [1.165, 1.54) is 0 Å². The van der Waals surface area contributed by atoms with E-state index in [1.54, 1.807) is 10.9 Å². The number of carboxylic acids is 1. The summed E-state index contributed by atoms with van der Waals surface area (Å²) in [5, 5.41) is 14.6. The van der Waals surface area contributed by atoms with E-state index in [1.807, 2.05) is 18.1 Å². The third-order valence-electron chi connectivity index (χ3n) is 3.30. The lowest BCUT2D eigenvalue weighted by atomic mass is 10.1. The van der Waals surface area contributed by atoms with Crippen LogP contribution in [0.5, 0.6) is 0 Å². The molecule has 0 atom stereocenters. The van der Waals surface area contributed by atoms with Crippen LogP contribution in [0.4, 0.5) is 27.6 Å². The van der Waals surface area contributed by atoms with E-state index in [-0.39, 0.29) is 6.54 Å². The maximum Gasteiger partial charge on any atom is 0.490 e. The Hall–Kier alpha value is -1.91. The summed E-state index contributed by atoms with van der Waals surface area (Å²) >= 11 is 0. The molecule has 1 saturated heterocycles. The van der Waals surface area contributed by atoms with Crippen LogP contribution in [0.3, 0.4) is 0 Å². The molecule has 24 heavy (non-hydrogen) atoms. The van der Waals surface area contributed by atoms with Gasteiger partial charge >= 0.3 is 12.1 Å². The quantitative estimate of drug-likeness (QED) is 0.808. The first-order valence-corrected chi connectivity index (χ1v) is 7.13. The number of alkyl halides is 5. The standard InChI is InChI=1S/C11H18F2N4.C2HF3O2/c1-16-7-10(6-14-16)15-9-2-4-17(5-3-9)8-11(12)13;3-2(4,5)1(6)7/h6-7,9,11,15H,2-5,8H2,1H3;(H,6,7). The molecule has 2 heterocycles. The average molecular weight is 358 g/mol. The van der Waals surface area contributed by atoms with Gasteiger partial charge in [-0.3, -0.25) is 9.58 Å². The smallest absolute Gasteiger partial charge is 0.475 e. The molecule has 1 aromatic rings. The third kappa shape index (κ3) is 7.57. The molecule has 1 aromatic heterocycles. The van der Waals surface area contributed by atoms with Gasteiger partial charge in [-0.1, -0.05) is 0 Å². The molecule has 0 saturated carbocycles. The van der Waals surface area contributed by atoms with Crippen molar-refractivity contribution in [3.05, 3.63) is 12.4 Å². The van der Waals surface area contributed by atoms with Crippen LogP contribution in [0.1, 0.15) is 12.8 Å². The Bertz CT molecular complexity index is 513. The second-order valence-electron chi connectivity index (χ2n) is 5.32. The molecular formula is C13H19F5N4O2. The third-order valence-corrected chi connectivity index (χ3v) is 3.30. The van der Waals surface area contributed by atoms with E-state index >= 15 is 0 Å². The first kappa shape index (κ1) is 20.1. The number of hydrogen-bond acceptors (Lipinski definition) is 4. The van der Waals surface area contributed by atoms with Gasteiger partial charge in [0.25, 0.3) is 6.43 Å². The van der Waals surface area contributed by atoms with Crippen molar-refractivity contribution in [1.29, 1.82) is 0 Å². The van der Waals surface area contributed by atoms with Crippen LogP contribution in [0.25, 0.3) is 0 Å². The minimum atomic E-state index is -5.08. The van der Waals surface area contributed by atoms with Crippen molar-refractivity contribution < 1.29 is 31.9 Å². The molecule has 0 radical (unpaired) electrons. The van der Waals surface area contributed by atoms with Gasteiger partial charge in [0.1, 0.15) is 0 Å². The first-order valence-electron chi connectivity index (χ1n) is 7.13. The van der Waals surface area contributed by atoms with Crippen molar-refractivity contribution in [2.75, 3.05) is 25.0 Å². The zero-order chi connectivity index (χ0) is 18.3. The second kappa shape index (κ2) is 8.81. The topological polar surface area (TPSA) is 70.4 Å². The lowest BCUT2D eigenvalue weighted by molar-refractivity contribution is -0.192. The van der Waals surface area contributed by atoms with E-state index in [9.17, 15) is 22.0 Å². The summed E-state index contributed by atoms with van der Waals surface area (Å²) < 4.78 is 57.9. The highest BCUT2D eigenvalue weighted by Crippen LogP contribution is 2.16. The van der Waals surface area contributed by atoms with Crippen molar-refractivity contribution in [3.8, 4) is 0 Å². The van der Waals surface area contributed by atoms with Gasteiger partial charge in [0.15, 0.2) is 0 Å². The van der Waals surface area contributed by atoms with Crippen molar-refractivity contribution in [1.82, 2.24) is 14.7 Å². The maximum absolute atomic E-state index is 12.2. The van der Waals surface area contributed by atoms with E-state index < -0.39 is 18.6 Å². The first-order chi connectivity index (χ1) is 11.1. The molecule has 0 amide bonds. The molecule has 6 nitrogen and oxygen atoms in total. The molecule has 1 fully saturated rings. The Labute approximate surface area is 135 Å². The number of anilines is 1. The molecule has 0 aliphatic carbocycles. The summed E-state index contributed by atoms with van der Waals surface area (Å²) in [6, 6.07) is 0.369. The van der Waals surface area contributed by atoms with Crippen LogP contribution in [0.15, 0.2) is 12.4 Å². The summed E-state index contributed by atoms with van der Waals surface area (Å²) in [7, 11) is 1.87. The molecule has 0 bridgehead atoms. The zero-order valence-electron chi connectivity index (χ0n) is 12.9. The maximum atomic E-state index is 12.2. The zero-order valence-corrected chi connectivity index (χ0v) is 12.9. The lowest BCUT2D eigenvalue weighted by Gasteiger charge is -2.32. The molecule has 1 aliphatic rings. The van der Waals surface area contributed by atoms with Gasteiger partial charge in [0, 0.05) is 32.4 Å². The summed E-state index contributed by atoms with van der Waals surface area (Å²) in [6.45, 7) is 1.38. The molecule has 0 unspecified atom stereocenters. The number of likely N-dealkylation sites (tertiary alicyclic amines) is 1. The average Bonchev–Trinajstić information content (AvgIpc) is 2.85. The molecular weight excluding hydrogens is 339 g/mol.